The molecule has 0 saturated heterocycles. The van der Waals surface area contributed by atoms with Gasteiger partial charge in [-0.05, 0) is 46.7 Å². The Kier molecular flexibility index (Phi) is 4.27. The second-order valence-corrected chi connectivity index (χ2v) is 5.98. The number of aryl methyl sites for hydroxylation is 1. The molecule has 0 bridgehead atoms. The molecule has 2 rings (SSSR count). The van der Waals surface area contributed by atoms with E-state index in [-0.39, 0.29) is 0 Å². The molecule has 1 heterocycles. The van der Waals surface area contributed by atoms with Gasteiger partial charge < -0.3 is 5.32 Å². The van der Waals surface area contributed by atoms with Gasteiger partial charge in [0.2, 0.25) is 0 Å². The van der Waals surface area contributed by atoms with Crippen molar-refractivity contribution in [2.75, 3.05) is 5.32 Å². The first-order valence-electron chi connectivity index (χ1n) is 6.08. The fraction of sp³-hybridized carbons (Fsp3) is 0.357. The van der Waals surface area contributed by atoms with Crippen LogP contribution in [-0.4, -0.2) is 9.78 Å². The molecule has 2 aromatic rings. The van der Waals surface area contributed by atoms with Crippen LogP contribution in [0.15, 0.2) is 30.5 Å². The van der Waals surface area contributed by atoms with E-state index in [9.17, 15) is 0 Å². The molecule has 1 N–H and O–H groups in total. The third-order valence-electron chi connectivity index (χ3n) is 2.79. The fourth-order valence-electron chi connectivity index (χ4n) is 1.97. The van der Waals surface area contributed by atoms with E-state index in [0.29, 0.717) is 5.92 Å². The molecule has 1 aromatic heterocycles. The molecule has 0 amide bonds. The minimum atomic E-state index is 0.457. The first-order chi connectivity index (χ1) is 8.56. The molecule has 0 atom stereocenters. The smallest absolute Gasteiger partial charge is 0.0699 e. The second-order valence-electron chi connectivity index (χ2n) is 4.73. The van der Waals surface area contributed by atoms with E-state index in [0.717, 1.165) is 12.2 Å². The van der Waals surface area contributed by atoms with Gasteiger partial charge in [0.25, 0.3) is 0 Å². The van der Waals surface area contributed by atoms with Crippen LogP contribution in [0.2, 0.25) is 0 Å². The molecule has 0 unspecified atom stereocenters. The van der Waals surface area contributed by atoms with Crippen LogP contribution in [0.1, 0.15) is 31.0 Å². The monoisotopic (exact) mass is 355 g/mol. The highest BCUT2D eigenvalue weighted by atomic mass is 127. The van der Waals surface area contributed by atoms with Crippen LogP contribution in [-0.2, 0) is 13.6 Å². The van der Waals surface area contributed by atoms with Crippen LogP contribution in [0.4, 0.5) is 5.69 Å². The van der Waals surface area contributed by atoms with Gasteiger partial charge in [-0.1, -0.05) is 19.9 Å². The Balaban J connectivity index is 2.10. The van der Waals surface area contributed by atoms with Crippen molar-refractivity contribution in [3.63, 3.8) is 0 Å². The van der Waals surface area contributed by atoms with Gasteiger partial charge in [-0.15, -0.1) is 0 Å². The van der Waals surface area contributed by atoms with Gasteiger partial charge in [-0.2, -0.15) is 5.10 Å². The molecule has 0 aliphatic heterocycles. The lowest BCUT2D eigenvalue weighted by Gasteiger charge is -2.08. The number of halogens is 1. The third-order valence-corrected chi connectivity index (χ3v) is 3.46. The number of aromatic nitrogens is 2. The summed E-state index contributed by atoms with van der Waals surface area (Å²) < 4.78 is 3.13. The SMILES string of the molecule is CC(C)c1nn(C)cc1CNc1cccc(I)c1. The van der Waals surface area contributed by atoms with Gasteiger partial charge >= 0.3 is 0 Å². The lowest BCUT2D eigenvalue weighted by Crippen LogP contribution is -2.02. The van der Waals surface area contributed by atoms with E-state index in [1.54, 1.807) is 0 Å². The van der Waals surface area contributed by atoms with Gasteiger partial charge in [0.1, 0.15) is 0 Å². The number of hydrogen-bond acceptors (Lipinski definition) is 2. The molecule has 0 aliphatic rings. The molecular weight excluding hydrogens is 337 g/mol. The summed E-state index contributed by atoms with van der Waals surface area (Å²) in [6.07, 6.45) is 2.09. The molecule has 1 aromatic carbocycles. The predicted molar refractivity (Wildman–Crippen MR) is 83.8 cm³/mol. The van der Waals surface area contributed by atoms with Crippen LogP contribution in [0.5, 0.6) is 0 Å². The minimum absolute atomic E-state index is 0.457. The maximum atomic E-state index is 4.52. The molecule has 4 heteroatoms. The van der Waals surface area contributed by atoms with Gasteiger partial charge in [0.05, 0.1) is 5.69 Å². The van der Waals surface area contributed by atoms with E-state index in [1.807, 2.05) is 11.7 Å². The molecule has 0 saturated carbocycles. The van der Waals surface area contributed by atoms with Gasteiger partial charge in [0.15, 0.2) is 0 Å². The number of hydrogen-bond donors (Lipinski definition) is 1. The lowest BCUT2D eigenvalue weighted by molar-refractivity contribution is 0.712. The molecule has 0 radical (unpaired) electrons. The summed E-state index contributed by atoms with van der Waals surface area (Å²) in [4.78, 5) is 0. The molecule has 3 nitrogen and oxygen atoms in total. The molecule has 0 spiro atoms. The molecular formula is C14H18IN3. The Morgan fingerprint density at radius 2 is 2.17 bits per heavy atom. The Morgan fingerprint density at radius 3 is 2.83 bits per heavy atom. The van der Waals surface area contributed by atoms with Crippen LogP contribution in [0.25, 0.3) is 0 Å². The number of anilines is 1. The maximum absolute atomic E-state index is 4.52. The van der Waals surface area contributed by atoms with Crippen molar-refractivity contribution in [2.45, 2.75) is 26.3 Å². The van der Waals surface area contributed by atoms with Crippen LogP contribution < -0.4 is 5.32 Å². The lowest BCUT2D eigenvalue weighted by atomic mass is 10.1. The number of nitrogens with one attached hydrogen (secondary N) is 1. The third kappa shape index (κ3) is 3.25. The summed E-state index contributed by atoms with van der Waals surface area (Å²) in [5, 5.41) is 7.97. The summed E-state index contributed by atoms with van der Waals surface area (Å²) in [5.74, 6) is 0.457. The van der Waals surface area contributed by atoms with Crippen molar-refractivity contribution >= 4 is 28.3 Å². The molecule has 18 heavy (non-hydrogen) atoms. The molecule has 96 valence electrons. The average molecular weight is 355 g/mol. The van der Waals surface area contributed by atoms with Crippen molar-refractivity contribution in [1.82, 2.24) is 9.78 Å². The molecule has 0 aliphatic carbocycles. The van der Waals surface area contributed by atoms with E-state index in [1.165, 1.54) is 14.8 Å². The number of nitrogens with zero attached hydrogens (tertiary/aromatic N) is 2. The van der Waals surface area contributed by atoms with Gasteiger partial charge in [-0.3, -0.25) is 4.68 Å². The first-order valence-corrected chi connectivity index (χ1v) is 7.16. The number of benzene rings is 1. The van der Waals surface area contributed by atoms with Gasteiger partial charge in [0, 0.05) is 34.6 Å². The maximum Gasteiger partial charge on any atom is 0.0699 e. The average Bonchev–Trinajstić information content (AvgIpc) is 2.68. The second kappa shape index (κ2) is 5.73. The minimum Gasteiger partial charge on any atom is -0.381 e. The summed E-state index contributed by atoms with van der Waals surface area (Å²) in [7, 11) is 1.97. The Morgan fingerprint density at radius 1 is 1.39 bits per heavy atom. The summed E-state index contributed by atoms with van der Waals surface area (Å²) in [5.41, 5.74) is 3.60. The van der Waals surface area contributed by atoms with Crippen LogP contribution in [0.3, 0.4) is 0 Å². The first kappa shape index (κ1) is 13.4. The van der Waals surface area contributed by atoms with Crippen molar-refractivity contribution in [3.05, 3.63) is 45.3 Å². The van der Waals surface area contributed by atoms with Crippen LogP contribution in [0, 0.1) is 3.57 Å². The van der Waals surface area contributed by atoms with E-state index in [2.05, 4.69) is 77.3 Å². The van der Waals surface area contributed by atoms with E-state index in [4.69, 9.17) is 0 Å². The normalized spacial score (nSPS) is 10.9. The summed E-state index contributed by atoms with van der Waals surface area (Å²) in [6.45, 7) is 5.18. The van der Waals surface area contributed by atoms with Crippen molar-refractivity contribution in [2.24, 2.45) is 7.05 Å². The fourth-order valence-corrected chi connectivity index (χ4v) is 2.52. The quantitative estimate of drug-likeness (QED) is 0.847. The largest absolute Gasteiger partial charge is 0.381 e. The van der Waals surface area contributed by atoms with Crippen molar-refractivity contribution < 1.29 is 0 Å². The number of rotatable bonds is 4. The highest BCUT2D eigenvalue weighted by Gasteiger charge is 2.10. The topological polar surface area (TPSA) is 29.9 Å². The van der Waals surface area contributed by atoms with E-state index < -0.39 is 0 Å². The zero-order valence-corrected chi connectivity index (χ0v) is 13.1. The predicted octanol–water partition coefficient (Wildman–Crippen LogP) is 3.76. The van der Waals surface area contributed by atoms with Crippen molar-refractivity contribution in [3.8, 4) is 0 Å². The Bertz CT molecular complexity index is 532. The van der Waals surface area contributed by atoms with Gasteiger partial charge in [-0.25, -0.2) is 0 Å². The standard InChI is InChI=1S/C14H18IN3/c1-10(2)14-11(9-18(3)17-14)8-16-13-6-4-5-12(15)7-13/h4-7,9-10,16H,8H2,1-3H3. The zero-order chi connectivity index (χ0) is 13.1. The summed E-state index contributed by atoms with van der Waals surface area (Å²) in [6, 6.07) is 8.39. The zero-order valence-electron chi connectivity index (χ0n) is 10.9. The Hall–Kier alpha value is -1.04. The Labute approximate surface area is 122 Å². The summed E-state index contributed by atoms with van der Waals surface area (Å²) >= 11 is 2.32. The highest BCUT2D eigenvalue weighted by molar-refractivity contribution is 14.1. The highest BCUT2D eigenvalue weighted by Crippen LogP contribution is 2.19. The van der Waals surface area contributed by atoms with Crippen LogP contribution >= 0.6 is 22.6 Å². The molecule has 0 fully saturated rings. The van der Waals surface area contributed by atoms with E-state index >= 15 is 0 Å². The van der Waals surface area contributed by atoms with Crippen molar-refractivity contribution in [1.29, 1.82) is 0 Å².